The van der Waals surface area contributed by atoms with Crippen LogP contribution in [0, 0.1) is 11.3 Å². The van der Waals surface area contributed by atoms with Gasteiger partial charge in [0.05, 0.1) is 11.6 Å². The minimum atomic E-state index is 0.715. The van der Waals surface area contributed by atoms with Crippen molar-refractivity contribution < 1.29 is 0 Å². The van der Waals surface area contributed by atoms with Gasteiger partial charge in [-0.1, -0.05) is 59.7 Å². The Labute approximate surface area is 89.4 Å². The highest BCUT2D eigenvalue weighted by Gasteiger charge is 1.79. The lowest BCUT2D eigenvalue weighted by atomic mass is 10.2. The molecule has 0 aliphatic rings. The zero-order valence-electron chi connectivity index (χ0n) is 10.3. The van der Waals surface area contributed by atoms with Crippen LogP contribution in [0.15, 0.2) is 30.3 Å². The lowest BCUT2D eigenvalue weighted by Gasteiger charge is -1.80. The van der Waals surface area contributed by atoms with Crippen LogP contribution in [0.5, 0.6) is 0 Å². The molecule has 0 aliphatic carbocycles. The van der Waals surface area contributed by atoms with E-state index in [-0.39, 0.29) is 0 Å². The molecule has 0 radical (unpaired) electrons. The van der Waals surface area contributed by atoms with Crippen molar-refractivity contribution in [2.45, 2.75) is 41.5 Å². The van der Waals surface area contributed by atoms with E-state index in [4.69, 9.17) is 5.26 Å². The summed E-state index contributed by atoms with van der Waals surface area (Å²) in [6.45, 7) is 12.0. The second-order valence-electron chi connectivity index (χ2n) is 1.48. The summed E-state index contributed by atoms with van der Waals surface area (Å²) in [6, 6.07) is 11.2. The van der Waals surface area contributed by atoms with Gasteiger partial charge in [0.1, 0.15) is 0 Å². The van der Waals surface area contributed by atoms with Crippen molar-refractivity contribution in [1.82, 2.24) is 0 Å². The number of nitrogens with zero attached hydrogens (tertiary/aromatic N) is 1. The third-order valence-corrected chi connectivity index (χ3v) is 0.903. The molecule has 0 heterocycles. The Kier molecular flexibility index (Phi) is 29.8. The summed E-state index contributed by atoms with van der Waals surface area (Å²) in [5.74, 6) is 0. The van der Waals surface area contributed by atoms with E-state index in [0.29, 0.717) is 5.56 Å². The topological polar surface area (TPSA) is 23.8 Å². The van der Waals surface area contributed by atoms with Crippen LogP contribution in [-0.2, 0) is 0 Å². The van der Waals surface area contributed by atoms with Gasteiger partial charge in [-0.15, -0.1) is 0 Å². The molecular formula is C13H23N. The van der Waals surface area contributed by atoms with Crippen molar-refractivity contribution in [3.63, 3.8) is 0 Å². The fourth-order valence-electron chi connectivity index (χ4n) is 0.513. The van der Waals surface area contributed by atoms with Crippen LogP contribution in [0.2, 0.25) is 0 Å². The fourth-order valence-corrected chi connectivity index (χ4v) is 0.513. The molecular weight excluding hydrogens is 170 g/mol. The molecule has 14 heavy (non-hydrogen) atoms. The second kappa shape index (κ2) is 22.6. The first kappa shape index (κ1) is 18.5. The third kappa shape index (κ3) is 13.3. The van der Waals surface area contributed by atoms with Crippen LogP contribution in [0.3, 0.4) is 0 Å². The smallest absolute Gasteiger partial charge is 0.0991 e. The van der Waals surface area contributed by atoms with E-state index in [1.54, 1.807) is 12.1 Å². The Balaban J connectivity index is -0.000000174. The molecule has 0 bridgehead atoms. The van der Waals surface area contributed by atoms with Gasteiger partial charge in [0.15, 0.2) is 0 Å². The highest BCUT2D eigenvalue weighted by molar-refractivity contribution is 5.27. The van der Waals surface area contributed by atoms with Gasteiger partial charge in [-0.05, 0) is 12.1 Å². The van der Waals surface area contributed by atoms with Crippen molar-refractivity contribution in [2.24, 2.45) is 0 Å². The van der Waals surface area contributed by atoms with Crippen LogP contribution in [0.4, 0.5) is 0 Å². The molecule has 0 fully saturated rings. The first-order valence-electron chi connectivity index (χ1n) is 5.38. The van der Waals surface area contributed by atoms with Crippen molar-refractivity contribution in [3.05, 3.63) is 35.9 Å². The molecule has 1 rings (SSSR count). The normalized spacial score (nSPS) is 5.79. The van der Waals surface area contributed by atoms with E-state index in [0.717, 1.165) is 0 Å². The molecule has 0 amide bonds. The van der Waals surface area contributed by atoms with Crippen molar-refractivity contribution >= 4 is 0 Å². The molecule has 1 nitrogen and oxygen atoms in total. The maximum Gasteiger partial charge on any atom is 0.0991 e. The number of nitriles is 1. The van der Waals surface area contributed by atoms with Crippen LogP contribution < -0.4 is 0 Å². The van der Waals surface area contributed by atoms with E-state index in [9.17, 15) is 0 Å². The van der Waals surface area contributed by atoms with Gasteiger partial charge in [-0.25, -0.2) is 0 Å². The van der Waals surface area contributed by atoms with Gasteiger partial charge in [0.2, 0.25) is 0 Å². The van der Waals surface area contributed by atoms with Crippen molar-refractivity contribution in [2.75, 3.05) is 0 Å². The molecule has 0 spiro atoms. The molecule has 0 unspecified atom stereocenters. The molecule has 1 aromatic carbocycles. The summed E-state index contributed by atoms with van der Waals surface area (Å²) >= 11 is 0. The predicted octanol–water partition coefficient (Wildman–Crippen LogP) is 4.64. The summed E-state index contributed by atoms with van der Waals surface area (Å²) in [4.78, 5) is 0. The quantitative estimate of drug-likeness (QED) is 0.589. The second-order valence-corrected chi connectivity index (χ2v) is 1.48. The predicted molar refractivity (Wildman–Crippen MR) is 65.2 cm³/mol. The molecule has 0 N–H and O–H groups in total. The highest BCUT2D eigenvalue weighted by Crippen LogP contribution is 1.92. The summed E-state index contributed by atoms with van der Waals surface area (Å²) in [6.07, 6.45) is 0. The number of benzene rings is 1. The van der Waals surface area contributed by atoms with E-state index in [2.05, 4.69) is 0 Å². The molecule has 80 valence electrons. The van der Waals surface area contributed by atoms with Gasteiger partial charge < -0.3 is 0 Å². The van der Waals surface area contributed by atoms with E-state index in [1.807, 2.05) is 65.8 Å². The standard InChI is InChI=1S/C7H5N.3C2H6/c8-6-7-4-2-1-3-5-7;3*1-2/h1-5H;3*1-2H3. The SMILES string of the molecule is CC.CC.CC.N#Cc1ccccc1. The Morgan fingerprint density at radius 1 is 0.786 bits per heavy atom. The highest BCUT2D eigenvalue weighted by atomic mass is 14.2. The first-order valence-corrected chi connectivity index (χ1v) is 5.38. The van der Waals surface area contributed by atoms with Gasteiger partial charge in [0, 0.05) is 0 Å². The van der Waals surface area contributed by atoms with Crippen LogP contribution >= 0.6 is 0 Å². The summed E-state index contributed by atoms with van der Waals surface area (Å²) in [7, 11) is 0. The largest absolute Gasteiger partial charge is 0.192 e. The molecule has 0 atom stereocenters. The maximum atomic E-state index is 8.29. The third-order valence-electron chi connectivity index (χ3n) is 0.903. The molecule has 1 heteroatoms. The van der Waals surface area contributed by atoms with Gasteiger partial charge >= 0.3 is 0 Å². The van der Waals surface area contributed by atoms with E-state index < -0.39 is 0 Å². The summed E-state index contributed by atoms with van der Waals surface area (Å²) in [5, 5.41) is 8.29. The Morgan fingerprint density at radius 3 is 1.36 bits per heavy atom. The molecule has 0 saturated carbocycles. The van der Waals surface area contributed by atoms with E-state index in [1.165, 1.54) is 0 Å². The number of hydrogen-bond donors (Lipinski definition) is 0. The number of hydrogen-bond acceptors (Lipinski definition) is 1. The van der Waals surface area contributed by atoms with Crippen molar-refractivity contribution in [1.29, 1.82) is 5.26 Å². The molecule has 0 saturated heterocycles. The van der Waals surface area contributed by atoms with Gasteiger partial charge in [-0.2, -0.15) is 5.26 Å². The average molecular weight is 193 g/mol. The van der Waals surface area contributed by atoms with Gasteiger partial charge in [-0.3, -0.25) is 0 Å². The summed E-state index contributed by atoms with van der Waals surface area (Å²) in [5.41, 5.74) is 0.715. The lowest BCUT2D eigenvalue weighted by Crippen LogP contribution is -1.66. The molecule has 0 aliphatic heterocycles. The molecule has 0 aromatic heterocycles. The van der Waals surface area contributed by atoms with E-state index >= 15 is 0 Å². The van der Waals surface area contributed by atoms with Crippen LogP contribution in [-0.4, -0.2) is 0 Å². The monoisotopic (exact) mass is 193 g/mol. The number of rotatable bonds is 0. The van der Waals surface area contributed by atoms with Crippen LogP contribution in [0.25, 0.3) is 0 Å². The average Bonchev–Trinajstić information content (AvgIpc) is 2.37. The zero-order chi connectivity index (χ0) is 11.8. The first-order chi connectivity index (χ1) is 6.93. The zero-order valence-corrected chi connectivity index (χ0v) is 10.3. The maximum absolute atomic E-state index is 8.29. The Hall–Kier alpha value is -1.29. The Bertz CT molecular complexity index is 196. The van der Waals surface area contributed by atoms with Gasteiger partial charge in [0.25, 0.3) is 0 Å². The minimum absolute atomic E-state index is 0.715. The lowest BCUT2D eigenvalue weighted by molar-refractivity contribution is 1.49. The van der Waals surface area contributed by atoms with Crippen LogP contribution in [0.1, 0.15) is 47.1 Å². The molecule has 1 aromatic rings. The summed E-state index contributed by atoms with van der Waals surface area (Å²) < 4.78 is 0. The minimum Gasteiger partial charge on any atom is -0.192 e. The van der Waals surface area contributed by atoms with Crippen molar-refractivity contribution in [3.8, 4) is 6.07 Å². The Morgan fingerprint density at radius 2 is 1.14 bits per heavy atom. The fraction of sp³-hybridized carbons (Fsp3) is 0.462.